The number of hydrogen-bond donors (Lipinski definition) is 1. The zero-order valence-corrected chi connectivity index (χ0v) is 11.1. The van der Waals surface area contributed by atoms with Crippen molar-refractivity contribution in [2.24, 2.45) is 5.73 Å². The molecule has 2 rings (SSSR count). The second-order valence-corrected chi connectivity index (χ2v) is 4.49. The Hall–Kier alpha value is -1.74. The fraction of sp³-hybridized carbons (Fsp3) is 0.333. The number of hydrogen-bond acceptors (Lipinski definition) is 3. The lowest BCUT2D eigenvalue weighted by Gasteiger charge is -2.13. The summed E-state index contributed by atoms with van der Waals surface area (Å²) in [7, 11) is 1.68. The number of benzene rings is 1. The van der Waals surface area contributed by atoms with Gasteiger partial charge in [-0.15, -0.1) is 0 Å². The molecule has 1 unspecified atom stereocenters. The first-order valence-corrected chi connectivity index (χ1v) is 6.06. The number of methoxy groups -OCH3 is 1. The number of para-hydroxylation sites is 1. The van der Waals surface area contributed by atoms with Gasteiger partial charge in [-0.25, -0.2) is 0 Å². The maximum absolute atomic E-state index is 6.25. The summed E-state index contributed by atoms with van der Waals surface area (Å²) in [6.45, 7) is 3.89. The molecule has 2 N–H and O–H groups in total. The van der Waals surface area contributed by atoms with E-state index in [4.69, 9.17) is 14.9 Å². The smallest absolute Gasteiger partial charge is 0.122 e. The number of ether oxygens (including phenoxy) is 1. The Kier molecular flexibility index (Phi) is 3.72. The van der Waals surface area contributed by atoms with E-state index >= 15 is 0 Å². The van der Waals surface area contributed by atoms with Crippen LogP contribution in [0.2, 0.25) is 0 Å². The Balaban J connectivity index is 2.21. The standard InChI is InChI=1S/C15H19NO2/c1-10-8-13(11(2)18-10)14(16)9-12-6-4-5-7-15(12)17-3/h4-8,14H,9,16H2,1-3H3. The number of rotatable bonds is 4. The molecule has 1 heterocycles. The molecule has 0 aliphatic heterocycles. The van der Waals surface area contributed by atoms with Gasteiger partial charge in [0, 0.05) is 11.6 Å². The lowest BCUT2D eigenvalue weighted by Crippen LogP contribution is -2.14. The van der Waals surface area contributed by atoms with Crippen LogP contribution in [0.3, 0.4) is 0 Å². The molecule has 0 radical (unpaired) electrons. The highest BCUT2D eigenvalue weighted by Crippen LogP contribution is 2.26. The van der Waals surface area contributed by atoms with Crippen molar-refractivity contribution in [3.8, 4) is 5.75 Å². The molecule has 96 valence electrons. The third-order valence-corrected chi connectivity index (χ3v) is 3.11. The van der Waals surface area contributed by atoms with Gasteiger partial charge in [-0.3, -0.25) is 0 Å². The topological polar surface area (TPSA) is 48.4 Å². The van der Waals surface area contributed by atoms with E-state index in [1.165, 1.54) is 0 Å². The van der Waals surface area contributed by atoms with Gasteiger partial charge >= 0.3 is 0 Å². The van der Waals surface area contributed by atoms with E-state index in [9.17, 15) is 0 Å². The molecule has 0 saturated carbocycles. The molecule has 0 bridgehead atoms. The minimum Gasteiger partial charge on any atom is -0.496 e. The summed E-state index contributed by atoms with van der Waals surface area (Å²) < 4.78 is 10.9. The van der Waals surface area contributed by atoms with E-state index in [2.05, 4.69) is 0 Å². The largest absolute Gasteiger partial charge is 0.496 e. The van der Waals surface area contributed by atoms with Crippen LogP contribution in [0.1, 0.15) is 28.7 Å². The third kappa shape index (κ3) is 2.57. The van der Waals surface area contributed by atoms with E-state index in [1.807, 2.05) is 44.2 Å². The highest BCUT2D eigenvalue weighted by atomic mass is 16.5. The second kappa shape index (κ2) is 5.27. The van der Waals surface area contributed by atoms with Crippen molar-refractivity contribution in [2.75, 3.05) is 7.11 Å². The van der Waals surface area contributed by atoms with Gasteiger partial charge in [-0.05, 0) is 38.0 Å². The molecule has 0 aliphatic carbocycles. The molecule has 0 fully saturated rings. The predicted octanol–water partition coefficient (Wildman–Crippen LogP) is 3.15. The minimum absolute atomic E-state index is 0.0706. The molecule has 1 atom stereocenters. The van der Waals surface area contributed by atoms with Gasteiger partial charge in [0.25, 0.3) is 0 Å². The molecular formula is C15H19NO2. The minimum atomic E-state index is -0.0706. The van der Waals surface area contributed by atoms with Crippen molar-refractivity contribution in [1.29, 1.82) is 0 Å². The highest BCUT2D eigenvalue weighted by molar-refractivity contribution is 5.35. The van der Waals surface area contributed by atoms with Crippen LogP contribution in [0.15, 0.2) is 34.7 Å². The molecule has 3 heteroatoms. The predicted molar refractivity (Wildman–Crippen MR) is 71.8 cm³/mol. The zero-order valence-electron chi connectivity index (χ0n) is 11.1. The van der Waals surface area contributed by atoms with Gasteiger partial charge in [-0.1, -0.05) is 18.2 Å². The van der Waals surface area contributed by atoms with Gasteiger partial charge in [0.15, 0.2) is 0 Å². The maximum Gasteiger partial charge on any atom is 0.122 e. The van der Waals surface area contributed by atoms with Gasteiger partial charge in [0.2, 0.25) is 0 Å². The number of furan rings is 1. The van der Waals surface area contributed by atoms with Crippen LogP contribution in [-0.4, -0.2) is 7.11 Å². The van der Waals surface area contributed by atoms with Gasteiger partial charge in [0.1, 0.15) is 17.3 Å². The van der Waals surface area contributed by atoms with Crippen molar-refractivity contribution < 1.29 is 9.15 Å². The van der Waals surface area contributed by atoms with Gasteiger partial charge in [0.05, 0.1) is 7.11 Å². The molecule has 18 heavy (non-hydrogen) atoms. The van der Waals surface area contributed by atoms with E-state index in [0.29, 0.717) is 0 Å². The first-order valence-electron chi connectivity index (χ1n) is 6.06. The molecule has 2 aromatic rings. The van der Waals surface area contributed by atoms with E-state index in [-0.39, 0.29) is 6.04 Å². The van der Waals surface area contributed by atoms with Crippen LogP contribution >= 0.6 is 0 Å². The highest BCUT2D eigenvalue weighted by Gasteiger charge is 2.15. The summed E-state index contributed by atoms with van der Waals surface area (Å²) >= 11 is 0. The first-order chi connectivity index (χ1) is 8.61. The first kappa shape index (κ1) is 12.7. The van der Waals surface area contributed by atoms with Crippen LogP contribution < -0.4 is 10.5 Å². The molecule has 3 nitrogen and oxygen atoms in total. The molecule has 0 saturated heterocycles. The van der Waals surface area contributed by atoms with Crippen molar-refractivity contribution in [2.45, 2.75) is 26.3 Å². The molecule has 0 amide bonds. The third-order valence-electron chi connectivity index (χ3n) is 3.11. The Bertz CT molecular complexity index is 531. The Morgan fingerprint density at radius 3 is 2.61 bits per heavy atom. The Morgan fingerprint density at radius 2 is 2.00 bits per heavy atom. The summed E-state index contributed by atoms with van der Waals surface area (Å²) in [6.07, 6.45) is 0.740. The summed E-state index contributed by atoms with van der Waals surface area (Å²) in [5.74, 6) is 2.68. The summed E-state index contributed by atoms with van der Waals surface area (Å²) in [5, 5.41) is 0. The van der Waals surface area contributed by atoms with Crippen LogP contribution in [-0.2, 0) is 6.42 Å². The SMILES string of the molecule is COc1ccccc1CC(N)c1cc(C)oc1C. The number of nitrogens with two attached hydrogens (primary N) is 1. The van der Waals surface area contributed by atoms with Crippen LogP contribution in [0.4, 0.5) is 0 Å². The fourth-order valence-electron chi connectivity index (χ4n) is 2.24. The lowest BCUT2D eigenvalue weighted by molar-refractivity contribution is 0.408. The van der Waals surface area contributed by atoms with Gasteiger partial charge in [-0.2, -0.15) is 0 Å². The van der Waals surface area contributed by atoms with Crippen molar-refractivity contribution in [3.63, 3.8) is 0 Å². The average molecular weight is 245 g/mol. The average Bonchev–Trinajstić information content (AvgIpc) is 2.69. The second-order valence-electron chi connectivity index (χ2n) is 4.49. The van der Waals surface area contributed by atoms with Crippen LogP contribution in [0.25, 0.3) is 0 Å². The summed E-state index contributed by atoms with van der Waals surface area (Å²) in [6, 6.07) is 9.89. The molecule has 1 aromatic carbocycles. The van der Waals surface area contributed by atoms with Crippen LogP contribution in [0.5, 0.6) is 5.75 Å². The normalized spacial score (nSPS) is 12.4. The maximum atomic E-state index is 6.25. The Morgan fingerprint density at radius 1 is 1.28 bits per heavy atom. The lowest BCUT2D eigenvalue weighted by atomic mass is 9.99. The van der Waals surface area contributed by atoms with E-state index in [0.717, 1.165) is 34.8 Å². The van der Waals surface area contributed by atoms with Gasteiger partial charge < -0.3 is 14.9 Å². The van der Waals surface area contributed by atoms with E-state index < -0.39 is 0 Å². The summed E-state index contributed by atoms with van der Waals surface area (Å²) in [4.78, 5) is 0. The van der Waals surface area contributed by atoms with Crippen molar-refractivity contribution in [3.05, 3.63) is 53.0 Å². The zero-order chi connectivity index (χ0) is 13.1. The van der Waals surface area contributed by atoms with Crippen molar-refractivity contribution in [1.82, 2.24) is 0 Å². The fourth-order valence-corrected chi connectivity index (χ4v) is 2.24. The monoisotopic (exact) mass is 245 g/mol. The summed E-state index contributed by atoms with van der Waals surface area (Å²) in [5.41, 5.74) is 8.43. The van der Waals surface area contributed by atoms with Crippen molar-refractivity contribution >= 4 is 0 Å². The molecule has 1 aromatic heterocycles. The Labute approximate surface area is 108 Å². The molecule has 0 spiro atoms. The van der Waals surface area contributed by atoms with Crippen LogP contribution in [0, 0.1) is 13.8 Å². The van der Waals surface area contributed by atoms with E-state index in [1.54, 1.807) is 7.11 Å². The molecular weight excluding hydrogens is 226 g/mol. The molecule has 0 aliphatic rings. The quantitative estimate of drug-likeness (QED) is 0.900. The number of aryl methyl sites for hydroxylation is 2.